The monoisotopic (exact) mass is 244 g/mol. The van der Waals surface area contributed by atoms with E-state index in [-0.39, 0.29) is 0 Å². The molecule has 18 heavy (non-hydrogen) atoms. The van der Waals surface area contributed by atoms with Gasteiger partial charge in [0.2, 0.25) is 0 Å². The van der Waals surface area contributed by atoms with E-state index in [2.05, 4.69) is 65.7 Å². The lowest BCUT2D eigenvalue weighted by atomic mass is 10.1. The van der Waals surface area contributed by atoms with E-state index in [1.165, 1.54) is 11.3 Å². The maximum absolute atomic E-state index is 3.93. The Kier molecular flexibility index (Phi) is 3.99. The van der Waals surface area contributed by atoms with E-state index in [9.17, 15) is 0 Å². The van der Waals surface area contributed by atoms with Crippen molar-refractivity contribution in [2.45, 2.75) is 19.5 Å². The average Bonchev–Trinajstić information content (AvgIpc) is 2.89. The van der Waals surface area contributed by atoms with Crippen molar-refractivity contribution in [1.82, 2.24) is 15.5 Å². The molecule has 0 amide bonds. The van der Waals surface area contributed by atoms with Crippen LogP contribution in [0.4, 0.5) is 5.69 Å². The molecule has 0 spiro atoms. The Hall–Kier alpha value is -1.81. The zero-order chi connectivity index (χ0) is 13.0. The summed E-state index contributed by atoms with van der Waals surface area (Å²) in [6.45, 7) is 2.97. The number of aromatic nitrogens is 2. The fraction of sp³-hybridized carbons (Fsp3) is 0.357. The Bertz CT molecular complexity index is 459. The molecule has 2 rings (SSSR count). The van der Waals surface area contributed by atoms with Crippen LogP contribution in [-0.2, 0) is 6.54 Å². The number of hydrogen-bond donors (Lipinski definition) is 2. The first-order valence-corrected chi connectivity index (χ1v) is 6.16. The molecule has 0 radical (unpaired) electrons. The van der Waals surface area contributed by atoms with E-state index in [4.69, 9.17) is 0 Å². The second-order valence-electron chi connectivity index (χ2n) is 4.67. The highest BCUT2D eigenvalue weighted by molar-refractivity contribution is 5.46. The van der Waals surface area contributed by atoms with Gasteiger partial charge in [0.25, 0.3) is 0 Å². The van der Waals surface area contributed by atoms with Gasteiger partial charge in [0.15, 0.2) is 0 Å². The summed E-state index contributed by atoms with van der Waals surface area (Å²) in [6.07, 6.45) is 1.77. The molecule has 96 valence electrons. The number of hydrogen-bond acceptors (Lipinski definition) is 3. The van der Waals surface area contributed by atoms with Crippen molar-refractivity contribution in [3.05, 3.63) is 47.8 Å². The Morgan fingerprint density at radius 2 is 1.94 bits per heavy atom. The van der Waals surface area contributed by atoms with Crippen LogP contribution in [0.2, 0.25) is 0 Å². The third kappa shape index (κ3) is 3.11. The first-order chi connectivity index (χ1) is 8.66. The third-order valence-corrected chi connectivity index (χ3v) is 3.07. The van der Waals surface area contributed by atoms with Gasteiger partial charge in [-0.2, -0.15) is 5.10 Å². The predicted octanol–water partition coefficient (Wildman–Crippen LogP) is 2.33. The van der Waals surface area contributed by atoms with Gasteiger partial charge in [0, 0.05) is 44.3 Å². The fourth-order valence-corrected chi connectivity index (χ4v) is 1.83. The summed E-state index contributed by atoms with van der Waals surface area (Å²) in [4.78, 5) is 2.10. The van der Waals surface area contributed by atoms with Crippen LogP contribution in [0.1, 0.15) is 24.2 Å². The molecule has 2 N–H and O–H groups in total. The first-order valence-electron chi connectivity index (χ1n) is 6.16. The van der Waals surface area contributed by atoms with Gasteiger partial charge in [-0.25, -0.2) is 0 Å². The Morgan fingerprint density at radius 3 is 2.50 bits per heavy atom. The van der Waals surface area contributed by atoms with Gasteiger partial charge in [-0.1, -0.05) is 12.1 Å². The Balaban J connectivity index is 1.94. The van der Waals surface area contributed by atoms with Crippen molar-refractivity contribution >= 4 is 5.69 Å². The van der Waals surface area contributed by atoms with Crippen molar-refractivity contribution in [3.63, 3.8) is 0 Å². The molecular formula is C14H20N4. The second kappa shape index (κ2) is 5.69. The summed E-state index contributed by atoms with van der Waals surface area (Å²) in [5.41, 5.74) is 3.62. The van der Waals surface area contributed by atoms with Crippen LogP contribution in [-0.4, -0.2) is 24.3 Å². The molecule has 1 aromatic carbocycles. The Morgan fingerprint density at radius 1 is 1.22 bits per heavy atom. The smallest absolute Gasteiger partial charge is 0.0490 e. The molecule has 1 heterocycles. The van der Waals surface area contributed by atoms with Crippen molar-refractivity contribution in [3.8, 4) is 0 Å². The minimum Gasteiger partial charge on any atom is -0.378 e. The molecule has 0 aliphatic rings. The highest BCUT2D eigenvalue weighted by atomic mass is 15.1. The standard InChI is InChI=1S/C14H20N4/c1-11(15-10-13-8-9-16-17-13)12-4-6-14(7-5-12)18(2)3/h4-9,11,15H,10H2,1-3H3,(H,16,17). The van der Waals surface area contributed by atoms with Gasteiger partial charge in [-0.3, -0.25) is 5.10 Å². The predicted molar refractivity (Wildman–Crippen MR) is 74.6 cm³/mol. The van der Waals surface area contributed by atoms with Crippen LogP contribution < -0.4 is 10.2 Å². The third-order valence-electron chi connectivity index (χ3n) is 3.07. The van der Waals surface area contributed by atoms with E-state index in [1.54, 1.807) is 6.20 Å². The van der Waals surface area contributed by atoms with Gasteiger partial charge in [0.1, 0.15) is 0 Å². The summed E-state index contributed by atoms with van der Waals surface area (Å²) < 4.78 is 0. The molecule has 0 aliphatic heterocycles. The van der Waals surface area contributed by atoms with Crippen LogP contribution in [0.15, 0.2) is 36.5 Å². The van der Waals surface area contributed by atoms with Gasteiger partial charge >= 0.3 is 0 Å². The number of nitrogens with zero attached hydrogens (tertiary/aromatic N) is 2. The van der Waals surface area contributed by atoms with Gasteiger partial charge in [0.05, 0.1) is 0 Å². The number of aromatic amines is 1. The number of anilines is 1. The number of benzene rings is 1. The van der Waals surface area contributed by atoms with Gasteiger partial charge in [-0.15, -0.1) is 0 Å². The molecule has 1 atom stereocenters. The second-order valence-corrected chi connectivity index (χ2v) is 4.67. The maximum Gasteiger partial charge on any atom is 0.0490 e. The summed E-state index contributed by atoms with van der Waals surface area (Å²) in [6, 6.07) is 10.9. The molecule has 0 saturated carbocycles. The van der Waals surface area contributed by atoms with Gasteiger partial charge < -0.3 is 10.2 Å². The van der Waals surface area contributed by atoms with Crippen LogP contribution >= 0.6 is 0 Å². The quantitative estimate of drug-likeness (QED) is 0.848. The molecule has 4 heteroatoms. The van der Waals surface area contributed by atoms with Crippen LogP contribution in [0.3, 0.4) is 0 Å². The number of H-pyrrole nitrogens is 1. The molecule has 2 aromatic rings. The van der Waals surface area contributed by atoms with E-state index < -0.39 is 0 Å². The van der Waals surface area contributed by atoms with Crippen molar-refractivity contribution in [1.29, 1.82) is 0 Å². The first kappa shape index (κ1) is 12.6. The fourth-order valence-electron chi connectivity index (χ4n) is 1.83. The minimum atomic E-state index is 0.324. The maximum atomic E-state index is 3.93. The van der Waals surface area contributed by atoms with E-state index in [0.29, 0.717) is 6.04 Å². The lowest BCUT2D eigenvalue weighted by molar-refractivity contribution is 0.567. The van der Waals surface area contributed by atoms with Crippen molar-refractivity contribution < 1.29 is 0 Å². The van der Waals surface area contributed by atoms with Crippen molar-refractivity contribution in [2.24, 2.45) is 0 Å². The molecular weight excluding hydrogens is 224 g/mol. The topological polar surface area (TPSA) is 44.0 Å². The lowest BCUT2D eigenvalue weighted by Gasteiger charge is -2.16. The molecule has 0 fully saturated rings. The largest absolute Gasteiger partial charge is 0.378 e. The van der Waals surface area contributed by atoms with E-state index in [1.807, 2.05) is 6.07 Å². The lowest BCUT2D eigenvalue weighted by Crippen LogP contribution is -2.18. The summed E-state index contributed by atoms with van der Waals surface area (Å²) in [5.74, 6) is 0. The highest BCUT2D eigenvalue weighted by Crippen LogP contribution is 2.17. The zero-order valence-electron chi connectivity index (χ0n) is 11.1. The Labute approximate surface area is 108 Å². The molecule has 0 bridgehead atoms. The van der Waals surface area contributed by atoms with Crippen LogP contribution in [0.25, 0.3) is 0 Å². The minimum absolute atomic E-state index is 0.324. The average molecular weight is 244 g/mol. The number of nitrogens with one attached hydrogen (secondary N) is 2. The van der Waals surface area contributed by atoms with Crippen molar-refractivity contribution in [2.75, 3.05) is 19.0 Å². The normalized spacial score (nSPS) is 12.4. The summed E-state index contributed by atoms with van der Waals surface area (Å²) in [5, 5.41) is 10.3. The van der Waals surface area contributed by atoms with Gasteiger partial charge in [-0.05, 0) is 30.7 Å². The number of rotatable bonds is 5. The van der Waals surface area contributed by atoms with E-state index in [0.717, 1.165) is 12.2 Å². The SMILES string of the molecule is CC(NCc1ccn[nH]1)c1ccc(N(C)C)cc1. The molecule has 4 nitrogen and oxygen atoms in total. The molecule has 0 aliphatic carbocycles. The zero-order valence-corrected chi connectivity index (χ0v) is 11.1. The van der Waals surface area contributed by atoms with Crippen LogP contribution in [0, 0.1) is 0 Å². The van der Waals surface area contributed by atoms with E-state index >= 15 is 0 Å². The highest BCUT2D eigenvalue weighted by Gasteiger charge is 2.05. The molecule has 1 unspecified atom stereocenters. The summed E-state index contributed by atoms with van der Waals surface area (Å²) >= 11 is 0. The summed E-state index contributed by atoms with van der Waals surface area (Å²) in [7, 11) is 4.10. The molecule has 1 aromatic heterocycles. The van der Waals surface area contributed by atoms with Crippen LogP contribution in [0.5, 0.6) is 0 Å². The molecule has 0 saturated heterocycles.